The number of aromatic nitrogens is 4. The highest BCUT2D eigenvalue weighted by molar-refractivity contribution is 7.17. The Morgan fingerprint density at radius 1 is 1.19 bits per heavy atom. The molecule has 4 rings (SSSR count). The summed E-state index contributed by atoms with van der Waals surface area (Å²) in [7, 11) is 0. The number of carbonyl (C=O) groups excluding carboxylic acids is 1. The third-order valence-corrected chi connectivity index (χ3v) is 5.26. The van der Waals surface area contributed by atoms with Gasteiger partial charge in [0.2, 0.25) is 0 Å². The average Bonchev–Trinajstić information content (AvgIpc) is 3.37. The quantitative estimate of drug-likeness (QED) is 0.578. The molecule has 134 valence electrons. The fourth-order valence-corrected chi connectivity index (χ4v) is 3.67. The molecule has 0 aliphatic heterocycles. The first kappa shape index (κ1) is 17.1. The Morgan fingerprint density at radius 3 is 2.81 bits per heavy atom. The van der Waals surface area contributed by atoms with Crippen molar-refractivity contribution in [1.29, 1.82) is 0 Å². The van der Waals surface area contributed by atoms with Crippen LogP contribution < -0.4 is 5.32 Å². The lowest BCUT2D eigenvalue weighted by molar-refractivity contribution is 0.0954. The van der Waals surface area contributed by atoms with Gasteiger partial charge >= 0.3 is 0 Å². The monoisotopic (exact) mass is 375 g/mol. The van der Waals surface area contributed by atoms with E-state index < -0.39 is 0 Å². The second-order valence-electron chi connectivity index (χ2n) is 5.97. The van der Waals surface area contributed by atoms with Gasteiger partial charge in [-0.2, -0.15) is 0 Å². The maximum Gasteiger partial charge on any atom is 0.263 e. The number of nitrogens with one attached hydrogen (secondary N) is 1. The second-order valence-corrected chi connectivity index (χ2v) is 6.97. The highest BCUT2D eigenvalue weighted by Gasteiger charge is 2.16. The molecule has 3 aromatic heterocycles. The van der Waals surface area contributed by atoms with Crippen LogP contribution in [-0.4, -0.2) is 25.4 Å². The van der Waals surface area contributed by atoms with Crippen molar-refractivity contribution in [2.45, 2.75) is 13.5 Å². The number of hydrogen-bond donors (Lipinski definition) is 1. The van der Waals surface area contributed by atoms with Crippen molar-refractivity contribution in [3.8, 4) is 16.4 Å². The van der Waals surface area contributed by atoms with Crippen LogP contribution in [0.4, 0.5) is 0 Å². The Bertz CT molecular complexity index is 1060. The van der Waals surface area contributed by atoms with E-state index in [9.17, 15) is 4.79 Å². The number of nitrogens with zero attached hydrogens (tertiary/aromatic N) is 4. The lowest BCUT2D eigenvalue weighted by atomic mass is 10.2. The molecule has 0 saturated heterocycles. The first-order valence-electron chi connectivity index (χ1n) is 8.45. The third kappa shape index (κ3) is 3.78. The molecule has 0 fully saturated rings. The number of carbonyl (C=O) groups is 1. The standard InChI is InChI=1S/C20H17N5OS/c1-14-18(27-20(24-14)16-5-3-2-4-6-16)19(26)23-12-15-7-8-22-17(11-15)25-10-9-21-13-25/h2-11,13H,12H2,1H3,(H,23,26). The summed E-state index contributed by atoms with van der Waals surface area (Å²) < 4.78 is 1.82. The van der Waals surface area contributed by atoms with Crippen molar-refractivity contribution in [2.75, 3.05) is 0 Å². The van der Waals surface area contributed by atoms with Gasteiger partial charge in [0, 0.05) is 30.7 Å². The van der Waals surface area contributed by atoms with E-state index in [1.165, 1.54) is 11.3 Å². The van der Waals surface area contributed by atoms with Crippen molar-refractivity contribution in [1.82, 2.24) is 24.8 Å². The molecule has 0 aliphatic carbocycles. The van der Waals surface area contributed by atoms with Crippen molar-refractivity contribution < 1.29 is 4.79 Å². The number of rotatable bonds is 5. The Kier molecular flexibility index (Phi) is 4.76. The summed E-state index contributed by atoms with van der Waals surface area (Å²) in [4.78, 5) is 26.2. The van der Waals surface area contributed by atoms with E-state index in [-0.39, 0.29) is 5.91 Å². The predicted octanol–water partition coefficient (Wildman–Crippen LogP) is 3.63. The number of hydrogen-bond acceptors (Lipinski definition) is 5. The molecule has 3 heterocycles. The fourth-order valence-electron chi connectivity index (χ4n) is 2.68. The predicted molar refractivity (Wildman–Crippen MR) is 105 cm³/mol. The van der Waals surface area contributed by atoms with Crippen molar-refractivity contribution in [3.63, 3.8) is 0 Å². The maximum absolute atomic E-state index is 12.6. The summed E-state index contributed by atoms with van der Waals surface area (Å²) in [5, 5.41) is 3.82. The zero-order valence-electron chi connectivity index (χ0n) is 14.7. The molecule has 4 aromatic rings. The molecule has 0 saturated carbocycles. The molecule has 1 N–H and O–H groups in total. The number of imidazole rings is 1. The van der Waals surface area contributed by atoms with Crippen molar-refractivity contribution in [2.24, 2.45) is 0 Å². The largest absolute Gasteiger partial charge is 0.347 e. The minimum Gasteiger partial charge on any atom is -0.347 e. The van der Waals surface area contributed by atoms with Gasteiger partial charge in [-0.25, -0.2) is 15.0 Å². The van der Waals surface area contributed by atoms with Crippen LogP contribution in [0.1, 0.15) is 20.9 Å². The lowest BCUT2D eigenvalue weighted by Gasteiger charge is -2.06. The Hall–Kier alpha value is -3.32. The molecule has 0 radical (unpaired) electrons. The summed E-state index contributed by atoms with van der Waals surface area (Å²) >= 11 is 1.41. The smallest absolute Gasteiger partial charge is 0.263 e. The van der Waals surface area contributed by atoms with Gasteiger partial charge in [0.25, 0.3) is 5.91 Å². The molecule has 6 nitrogen and oxygen atoms in total. The zero-order chi connectivity index (χ0) is 18.6. The molecule has 0 bridgehead atoms. The van der Waals surface area contributed by atoms with Gasteiger partial charge in [-0.15, -0.1) is 11.3 Å². The molecule has 0 atom stereocenters. The third-order valence-electron chi connectivity index (χ3n) is 4.06. The molecule has 1 amide bonds. The van der Waals surface area contributed by atoms with Crippen LogP contribution in [0.15, 0.2) is 67.4 Å². The van der Waals surface area contributed by atoms with E-state index in [1.54, 1.807) is 18.7 Å². The van der Waals surface area contributed by atoms with E-state index in [0.717, 1.165) is 27.6 Å². The van der Waals surface area contributed by atoms with E-state index in [1.807, 2.05) is 60.2 Å². The highest BCUT2D eigenvalue weighted by atomic mass is 32.1. The van der Waals surface area contributed by atoms with E-state index >= 15 is 0 Å². The van der Waals surface area contributed by atoms with Crippen LogP contribution in [0, 0.1) is 6.92 Å². The molecular formula is C20H17N5OS. The minimum atomic E-state index is -0.117. The number of pyridine rings is 1. The molecule has 0 unspecified atom stereocenters. The minimum absolute atomic E-state index is 0.117. The normalized spacial score (nSPS) is 10.7. The number of benzene rings is 1. The Labute approximate surface area is 160 Å². The van der Waals surface area contributed by atoms with Gasteiger partial charge in [0.05, 0.1) is 5.69 Å². The molecule has 1 aromatic carbocycles. The molecule has 27 heavy (non-hydrogen) atoms. The first-order chi connectivity index (χ1) is 13.2. The van der Waals surface area contributed by atoms with Crippen LogP contribution in [0.25, 0.3) is 16.4 Å². The van der Waals surface area contributed by atoms with Crippen LogP contribution >= 0.6 is 11.3 Å². The molecule has 0 aliphatic rings. The van der Waals surface area contributed by atoms with Gasteiger partial charge in [0.1, 0.15) is 22.0 Å². The van der Waals surface area contributed by atoms with Gasteiger partial charge in [-0.3, -0.25) is 9.36 Å². The summed E-state index contributed by atoms with van der Waals surface area (Å²) in [6, 6.07) is 13.7. The van der Waals surface area contributed by atoms with Crippen LogP contribution in [0.5, 0.6) is 0 Å². The number of aryl methyl sites for hydroxylation is 1. The van der Waals surface area contributed by atoms with Crippen LogP contribution in [0.3, 0.4) is 0 Å². The molecular weight excluding hydrogens is 358 g/mol. The van der Waals surface area contributed by atoms with E-state index in [4.69, 9.17) is 0 Å². The fraction of sp³-hybridized carbons (Fsp3) is 0.100. The van der Waals surface area contributed by atoms with Gasteiger partial charge in [-0.1, -0.05) is 30.3 Å². The summed E-state index contributed by atoms with van der Waals surface area (Å²) in [5.41, 5.74) is 2.72. The van der Waals surface area contributed by atoms with Crippen LogP contribution in [0.2, 0.25) is 0 Å². The van der Waals surface area contributed by atoms with Crippen molar-refractivity contribution >= 4 is 17.2 Å². The summed E-state index contributed by atoms with van der Waals surface area (Å²) in [5.74, 6) is 0.646. The topological polar surface area (TPSA) is 72.7 Å². The molecule has 7 heteroatoms. The number of amides is 1. The lowest BCUT2D eigenvalue weighted by Crippen LogP contribution is -2.22. The van der Waals surface area contributed by atoms with Gasteiger partial charge in [-0.05, 0) is 24.6 Å². The first-order valence-corrected chi connectivity index (χ1v) is 9.26. The number of thiazole rings is 1. The maximum atomic E-state index is 12.6. The summed E-state index contributed by atoms with van der Waals surface area (Å²) in [6.45, 7) is 2.28. The van der Waals surface area contributed by atoms with Gasteiger partial charge in [0.15, 0.2) is 0 Å². The zero-order valence-corrected chi connectivity index (χ0v) is 15.5. The van der Waals surface area contributed by atoms with Crippen LogP contribution in [-0.2, 0) is 6.54 Å². The second kappa shape index (κ2) is 7.51. The van der Waals surface area contributed by atoms with E-state index in [0.29, 0.717) is 11.4 Å². The Balaban J connectivity index is 1.47. The Morgan fingerprint density at radius 2 is 2.04 bits per heavy atom. The van der Waals surface area contributed by atoms with E-state index in [2.05, 4.69) is 20.3 Å². The average molecular weight is 375 g/mol. The molecule has 0 spiro atoms. The SMILES string of the molecule is Cc1nc(-c2ccccc2)sc1C(=O)NCc1ccnc(-n2ccnc2)c1. The van der Waals surface area contributed by atoms with Gasteiger partial charge < -0.3 is 5.32 Å². The summed E-state index contributed by atoms with van der Waals surface area (Å²) in [6.07, 6.45) is 6.95. The van der Waals surface area contributed by atoms with Crippen molar-refractivity contribution in [3.05, 3.63) is 83.5 Å². The highest BCUT2D eigenvalue weighted by Crippen LogP contribution is 2.27.